The fourth-order valence-corrected chi connectivity index (χ4v) is 3.08. The van der Waals surface area contributed by atoms with Gasteiger partial charge in [-0.15, -0.1) is 0 Å². The molecule has 0 amide bonds. The molecule has 0 heterocycles. The monoisotopic (exact) mass is 326 g/mol. The molecule has 1 aromatic carbocycles. The highest BCUT2D eigenvalue weighted by molar-refractivity contribution is 9.09. The summed E-state index contributed by atoms with van der Waals surface area (Å²) >= 11 is 3.64. The van der Waals surface area contributed by atoms with Crippen LogP contribution in [-0.4, -0.2) is 11.9 Å². The van der Waals surface area contributed by atoms with Gasteiger partial charge in [-0.3, -0.25) is 0 Å². The molecule has 0 saturated carbocycles. The van der Waals surface area contributed by atoms with Gasteiger partial charge in [0.2, 0.25) is 0 Å². The van der Waals surface area contributed by atoms with E-state index in [1.807, 2.05) is 0 Å². The Morgan fingerprint density at radius 3 is 2.11 bits per heavy atom. The van der Waals surface area contributed by atoms with Gasteiger partial charge in [-0.1, -0.05) is 68.7 Å². The Labute approximate surface area is 126 Å². The predicted octanol–water partition coefficient (Wildman–Crippen LogP) is 5.56. The Morgan fingerprint density at radius 1 is 1.05 bits per heavy atom. The van der Waals surface area contributed by atoms with E-state index in [-0.39, 0.29) is 10.8 Å². The smallest absolute Gasteiger partial charge is 0.123 e. The third-order valence-electron chi connectivity index (χ3n) is 4.01. The van der Waals surface area contributed by atoms with E-state index in [0.717, 1.165) is 30.5 Å². The third kappa shape index (κ3) is 4.24. The fraction of sp³-hybridized carbons (Fsp3) is 0.647. The van der Waals surface area contributed by atoms with Crippen molar-refractivity contribution in [2.45, 2.75) is 52.9 Å². The second-order valence-electron chi connectivity index (χ2n) is 6.38. The topological polar surface area (TPSA) is 9.23 Å². The molecule has 0 N–H and O–H groups in total. The SMILES string of the molecule is CCC(CC)(CBr)COc1ccccc1C(C)(C)C. The molecule has 0 aliphatic rings. The number of hydrogen-bond acceptors (Lipinski definition) is 1. The van der Waals surface area contributed by atoms with E-state index < -0.39 is 0 Å². The highest BCUT2D eigenvalue weighted by atomic mass is 79.9. The maximum absolute atomic E-state index is 6.17. The molecular formula is C17H27BrO. The van der Waals surface area contributed by atoms with Gasteiger partial charge in [-0.25, -0.2) is 0 Å². The van der Waals surface area contributed by atoms with Crippen LogP contribution in [0.5, 0.6) is 5.75 Å². The van der Waals surface area contributed by atoms with Gasteiger partial charge < -0.3 is 4.74 Å². The van der Waals surface area contributed by atoms with Crippen molar-refractivity contribution in [2.75, 3.05) is 11.9 Å². The summed E-state index contributed by atoms with van der Waals surface area (Å²) in [7, 11) is 0. The molecule has 2 heteroatoms. The highest BCUT2D eigenvalue weighted by Crippen LogP contribution is 2.34. The van der Waals surface area contributed by atoms with Crippen LogP contribution in [0.2, 0.25) is 0 Å². The summed E-state index contributed by atoms with van der Waals surface area (Å²) in [6, 6.07) is 8.40. The normalized spacial score (nSPS) is 12.5. The summed E-state index contributed by atoms with van der Waals surface area (Å²) in [4.78, 5) is 0. The molecule has 1 nitrogen and oxygen atoms in total. The van der Waals surface area contributed by atoms with Crippen molar-refractivity contribution < 1.29 is 4.74 Å². The second-order valence-corrected chi connectivity index (χ2v) is 6.94. The van der Waals surface area contributed by atoms with Crippen molar-refractivity contribution in [3.63, 3.8) is 0 Å². The van der Waals surface area contributed by atoms with Crippen LogP contribution in [0.25, 0.3) is 0 Å². The lowest BCUT2D eigenvalue weighted by atomic mass is 9.85. The van der Waals surface area contributed by atoms with Gasteiger partial charge in [0.1, 0.15) is 5.75 Å². The molecule has 0 saturated heterocycles. The van der Waals surface area contributed by atoms with Gasteiger partial charge in [-0.2, -0.15) is 0 Å². The first-order chi connectivity index (χ1) is 8.88. The summed E-state index contributed by atoms with van der Waals surface area (Å²) in [6.07, 6.45) is 2.26. The van der Waals surface area contributed by atoms with E-state index in [1.165, 1.54) is 5.56 Å². The Bertz CT molecular complexity index is 380. The average molecular weight is 327 g/mol. The molecule has 0 unspecified atom stereocenters. The molecule has 0 radical (unpaired) electrons. The number of ether oxygens (including phenoxy) is 1. The first kappa shape index (κ1) is 16.6. The van der Waals surface area contributed by atoms with Gasteiger partial charge in [0.25, 0.3) is 0 Å². The molecule has 0 aromatic heterocycles. The van der Waals surface area contributed by atoms with Crippen molar-refractivity contribution in [1.29, 1.82) is 0 Å². The van der Waals surface area contributed by atoms with Crippen molar-refractivity contribution >= 4 is 15.9 Å². The summed E-state index contributed by atoms with van der Waals surface area (Å²) in [5.74, 6) is 1.03. The lowest BCUT2D eigenvalue weighted by Gasteiger charge is -2.31. The van der Waals surface area contributed by atoms with Gasteiger partial charge in [0.05, 0.1) is 6.61 Å². The molecule has 19 heavy (non-hydrogen) atoms. The molecule has 0 aliphatic heterocycles. The van der Waals surface area contributed by atoms with Crippen molar-refractivity contribution in [3.05, 3.63) is 29.8 Å². The Balaban J connectivity index is 2.89. The zero-order valence-corrected chi connectivity index (χ0v) is 14.5. The lowest BCUT2D eigenvalue weighted by molar-refractivity contribution is 0.155. The van der Waals surface area contributed by atoms with E-state index in [9.17, 15) is 0 Å². The van der Waals surface area contributed by atoms with Crippen LogP contribution >= 0.6 is 15.9 Å². The first-order valence-electron chi connectivity index (χ1n) is 7.17. The number of rotatable bonds is 6. The van der Waals surface area contributed by atoms with Crippen LogP contribution < -0.4 is 4.74 Å². The molecular weight excluding hydrogens is 300 g/mol. The van der Waals surface area contributed by atoms with Gasteiger partial charge >= 0.3 is 0 Å². The molecule has 0 bridgehead atoms. The zero-order chi connectivity index (χ0) is 14.5. The lowest BCUT2D eigenvalue weighted by Crippen LogP contribution is -2.29. The number of benzene rings is 1. The van der Waals surface area contributed by atoms with Crippen LogP contribution in [-0.2, 0) is 5.41 Å². The number of halogens is 1. The standard InChI is InChI=1S/C17H27BrO/c1-6-17(7-2,12-18)13-19-15-11-9-8-10-14(15)16(3,4)5/h8-11H,6-7,12-13H2,1-5H3. The van der Waals surface area contributed by atoms with Gasteiger partial charge in [0.15, 0.2) is 0 Å². The number of para-hydroxylation sites is 1. The van der Waals surface area contributed by atoms with Crippen LogP contribution in [0.4, 0.5) is 0 Å². The van der Waals surface area contributed by atoms with E-state index in [2.05, 4.69) is 74.8 Å². The predicted molar refractivity (Wildman–Crippen MR) is 87.4 cm³/mol. The first-order valence-corrected chi connectivity index (χ1v) is 8.29. The van der Waals surface area contributed by atoms with Gasteiger partial charge in [0, 0.05) is 10.7 Å². The largest absolute Gasteiger partial charge is 0.493 e. The molecule has 1 aromatic rings. The van der Waals surface area contributed by atoms with Crippen LogP contribution in [0.1, 0.15) is 53.0 Å². The van der Waals surface area contributed by atoms with Crippen molar-refractivity contribution in [1.82, 2.24) is 0 Å². The minimum atomic E-state index is 0.117. The second kappa shape index (κ2) is 6.78. The third-order valence-corrected chi connectivity index (χ3v) is 5.20. The van der Waals surface area contributed by atoms with E-state index in [1.54, 1.807) is 0 Å². The van der Waals surface area contributed by atoms with E-state index >= 15 is 0 Å². The van der Waals surface area contributed by atoms with Crippen molar-refractivity contribution in [3.8, 4) is 5.75 Å². The Morgan fingerprint density at radius 2 is 1.63 bits per heavy atom. The molecule has 108 valence electrons. The molecule has 1 rings (SSSR count). The number of hydrogen-bond donors (Lipinski definition) is 0. The van der Waals surface area contributed by atoms with E-state index in [4.69, 9.17) is 4.74 Å². The van der Waals surface area contributed by atoms with Crippen LogP contribution in [0, 0.1) is 5.41 Å². The number of alkyl halides is 1. The molecule has 0 atom stereocenters. The summed E-state index contributed by atoms with van der Waals surface area (Å²) in [5.41, 5.74) is 1.64. The van der Waals surface area contributed by atoms with E-state index in [0.29, 0.717) is 0 Å². The quantitative estimate of drug-likeness (QED) is 0.621. The summed E-state index contributed by atoms with van der Waals surface area (Å²) in [5, 5.41) is 0.991. The summed E-state index contributed by atoms with van der Waals surface area (Å²) < 4.78 is 6.17. The van der Waals surface area contributed by atoms with Crippen LogP contribution in [0.15, 0.2) is 24.3 Å². The molecule has 0 spiro atoms. The Hall–Kier alpha value is -0.500. The Kier molecular flexibility index (Phi) is 5.91. The zero-order valence-electron chi connectivity index (χ0n) is 12.9. The minimum absolute atomic E-state index is 0.117. The maximum Gasteiger partial charge on any atom is 0.123 e. The molecule has 0 aliphatic carbocycles. The molecule has 0 fully saturated rings. The summed E-state index contributed by atoms with van der Waals surface area (Å²) in [6.45, 7) is 11.9. The average Bonchev–Trinajstić information content (AvgIpc) is 2.40. The van der Waals surface area contributed by atoms with Crippen LogP contribution in [0.3, 0.4) is 0 Å². The van der Waals surface area contributed by atoms with Gasteiger partial charge in [-0.05, 0) is 29.9 Å². The minimum Gasteiger partial charge on any atom is -0.493 e. The van der Waals surface area contributed by atoms with Crippen molar-refractivity contribution in [2.24, 2.45) is 5.41 Å². The maximum atomic E-state index is 6.17. The highest BCUT2D eigenvalue weighted by Gasteiger charge is 2.27. The fourth-order valence-electron chi connectivity index (χ4n) is 2.12.